The molecule has 0 radical (unpaired) electrons. The minimum atomic E-state index is -0.619. The average molecular weight is 572 g/mol. The van der Waals surface area contributed by atoms with E-state index in [1.165, 1.54) is 31.4 Å². The van der Waals surface area contributed by atoms with Gasteiger partial charge in [-0.05, 0) is 95.0 Å². The van der Waals surface area contributed by atoms with Crippen LogP contribution in [0.3, 0.4) is 0 Å². The number of ether oxygens (including phenoxy) is 1. The Morgan fingerprint density at radius 1 is 1.05 bits per heavy atom. The van der Waals surface area contributed by atoms with Crippen molar-refractivity contribution in [3.8, 4) is 0 Å². The zero-order valence-electron chi connectivity index (χ0n) is 25.8. The maximum absolute atomic E-state index is 14.0. The van der Waals surface area contributed by atoms with Gasteiger partial charge in [-0.15, -0.1) is 0 Å². The SMILES string of the molecule is CCCC[C@H]1C[C@@H](CN2CCC(N3CCC4=C(CC(C=O)[C@H](C)N4)C3=O)CC2)CC(OCC)=C1[C@H]1CC[C@@H](F)CC1. The van der Waals surface area contributed by atoms with Crippen molar-refractivity contribution in [3.63, 3.8) is 0 Å². The van der Waals surface area contributed by atoms with Crippen molar-refractivity contribution in [2.45, 2.75) is 122 Å². The Labute approximate surface area is 247 Å². The number of halogens is 1. The maximum Gasteiger partial charge on any atom is 0.251 e. The fourth-order valence-corrected chi connectivity index (χ4v) is 8.57. The highest BCUT2D eigenvalue weighted by Crippen LogP contribution is 2.46. The van der Waals surface area contributed by atoms with Gasteiger partial charge in [0.15, 0.2) is 0 Å². The topological polar surface area (TPSA) is 61.9 Å². The zero-order chi connectivity index (χ0) is 28.9. The summed E-state index contributed by atoms with van der Waals surface area (Å²) in [6.07, 6.45) is 13.2. The molecule has 0 aromatic heterocycles. The van der Waals surface area contributed by atoms with Crippen LogP contribution in [0.5, 0.6) is 0 Å². The summed E-state index contributed by atoms with van der Waals surface area (Å²) in [5.41, 5.74) is 3.47. The molecule has 41 heavy (non-hydrogen) atoms. The second kappa shape index (κ2) is 14.1. The van der Waals surface area contributed by atoms with Crippen LogP contribution < -0.4 is 5.32 Å². The van der Waals surface area contributed by atoms with Gasteiger partial charge in [-0.25, -0.2) is 4.39 Å². The van der Waals surface area contributed by atoms with Gasteiger partial charge in [0.1, 0.15) is 12.5 Å². The van der Waals surface area contributed by atoms with E-state index < -0.39 is 6.17 Å². The molecule has 7 heteroatoms. The average Bonchev–Trinajstić information content (AvgIpc) is 2.97. The Balaban J connectivity index is 1.19. The van der Waals surface area contributed by atoms with Crippen LogP contribution >= 0.6 is 0 Å². The summed E-state index contributed by atoms with van der Waals surface area (Å²) in [5, 5.41) is 3.44. The number of carbonyl (C=O) groups excluding carboxylic acids is 2. The van der Waals surface area contributed by atoms with Crippen LogP contribution in [0.4, 0.5) is 4.39 Å². The number of hydrogen-bond donors (Lipinski definition) is 1. The Kier molecular flexibility index (Phi) is 10.5. The summed E-state index contributed by atoms with van der Waals surface area (Å²) in [4.78, 5) is 29.8. The van der Waals surface area contributed by atoms with Crippen LogP contribution in [-0.4, -0.2) is 73.0 Å². The van der Waals surface area contributed by atoms with Gasteiger partial charge in [-0.3, -0.25) is 4.79 Å². The van der Waals surface area contributed by atoms with E-state index in [1.54, 1.807) is 5.57 Å². The second-order valence-electron chi connectivity index (χ2n) is 13.6. The molecule has 6 nitrogen and oxygen atoms in total. The number of allylic oxidation sites excluding steroid dienone is 2. The summed E-state index contributed by atoms with van der Waals surface area (Å²) >= 11 is 0. The summed E-state index contributed by atoms with van der Waals surface area (Å²) in [5.74, 6) is 2.95. The number of rotatable bonds is 10. The van der Waals surface area contributed by atoms with Gasteiger partial charge in [-0.1, -0.05) is 19.8 Å². The monoisotopic (exact) mass is 571 g/mol. The molecule has 2 fully saturated rings. The minimum Gasteiger partial charge on any atom is -0.498 e. The Bertz CT molecular complexity index is 980. The van der Waals surface area contributed by atoms with Crippen molar-refractivity contribution < 1.29 is 18.7 Å². The molecule has 0 aromatic rings. The summed E-state index contributed by atoms with van der Waals surface area (Å²) in [7, 11) is 0. The molecule has 1 amide bonds. The predicted octanol–water partition coefficient (Wildman–Crippen LogP) is 6.17. The van der Waals surface area contributed by atoms with Gasteiger partial charge in [0, 0.05) is 68.3 Å². The lowest BCUT2D eigenvalue weighted by molar-refractivity contribution is -0.132. The first-order chi connectivity index (χ1) is 19.9. The second-order valence-corrected chi connectivity index (χ2v) is 13.6. The minimum absolute atomic E-state index is 0.106. The third-order valence-corrected chi connectivity index (χ3v) is 10.8. The van der Waals surface area contributed by atoms with Crippen molar-refractivity contribution >= 4 is 12.2 Å². The standard InChI is InChI=1S/C34H54FN3O3/c1-4-6-7-26-18-24(19-32(41-5-2)33(26)25-8-10-28(35)11-9-25)21-37-15-12-29(13-16-37)38-17-14-31-30(34(38)40)20-27(22-39)23(3)36-31/h22-29,36H,4-21H2,1-3H3/t23-,24+,25-,26-,27?,28+/m0/s1. The van der Waals surface area contributed by atoms with E-state index >= 15 is 0 Å². The molecule has 1 saturated carbocycles. The quantitative estimate of drug-likeness (QED) is 0.318. The number of hydrogen-bond acceptors (Lipinski definition) is 5. The van der Waals surface area contributed by atoms with E-state index in [9.17, 15) is 14.0 Å². The van der Waals surface area contributed by atoms with E-state index in [0.29, 0.717) is 49.7 Å². The van der Waals surface area contributed by atoms with Crippen LogP contribution in [0.2, 0.25) is 0 Å². The lowest BCUT2D eigenvalue weighted by Gasteiger charge is -2.44. The smallest absolute Gasteiger partial charge is 0.251 e. The molecule has 0 spiro atoms. The van der Waals surface area contributed by atoms with Crippen molar-refractivity contribution in [2.75, 3.05) is 32.8 Å². The van der Waals surface area contributed by atoms with Crippen molar-refractivity contribution in [1.29, 1.82) is 0 Å². The molecule has 1 N–H and O–H groups in total. The number of piperidine rings is 1. The number of carbonyl (C=O) groups is 2. The van der Waals surface area contributed by atoms with Gasteiger partial charge < -0.3 is 24.6 Å². The molecule has 4 atom stereocenters. The third-order valence-electron chi connectivity index (χ3n) is 10.8. The van der Waals surface area contributed by atoms with E-state index in [4.69, 9.17) is 4.74 Å². The Hall–Kier alpha value is -1.89. The number of aldehydes is 1. The van der Waals surface area contributed by atoms with Crippen LogP contribution in [0.25, 0.3) is 0 Å². The summed E-state index contributed by atoms with van der Waals surface area (Å²) < 4.78 is 20.4. The van der Waals surface area contributed by atoms with Gasteiger partial charge in [0.05, 0.1) is 12.4 Å². The fourth-order valence-electron chi connectivity index (χ4n) is 8.57. The molecular formula is C34H54FN3O3. The first-order valence-corrected chi connectivity index (χ1v) is 16.9. The normalized spacial score (nSPS) is 34.0. The predicted molar refractivity (Wildman–Crippen MR) is 161 cm³/mol. The molecule has 1 saturated heterocycles. The van der Waals surface area contributed by atoms with E-state index in [2.05, 4.69) is 29.0 Å². The molecule has 5 aliphatic rings. The number of amides is 1. The molecule has 230 valence electrons. The van der Waals surface area contributed by atoms with E-state index in [1.807, 2.05) is 6.92 Å². The molecule has 3 aliphatic heterocycles. The molecule has 0 aromatic carbocycles. The van der Waals surface area contributed by atoms with Crippen LogP contribution in [-0.2, 0) is 14.3 Å². The number of likely N-dealkylation sites (tertiary alicyclic amines) is 1. The van der Waals surface area contributed by atoms with Crippen molar-refractivity contribution in [1.82, 2.24) is 15.1 Å². The number of alkyl halides is 1. The summed E-state index contributed by atoms with van der Waals surface area (Å²) in [6, 6.07) is 0.399. The highest BCUT2D eigenvalue weighted by atomic mass is 19.1. The number of unbranched alkanes of at least 4 members (excludes halogenated alkanes) is 1. The largest absolute Gasteiger partial charge is 0.498 e. The highest BCUT2D eigenvalue weighted by molar-refractivity contribution is 5.96. The molecule has 5 rings (SSSR count). The Morgan fingerprint density at radius 3 is 2.49 bits per heavy atom. The fraction of sp³-hybridized carbons (Fsp3) is 0.824. The van der Waals surface area contributed by atoms with Crippen LogP contribution in [0.1, 0.15) is 104 Å². The number of nitrogens with one attached hydrogen (secondary N) is 1. The molecule has 1 unspecified atom stereocenters. The lowest BCUT2D eigenvalue weighted by Crippen LogP contribution is -2.53. The van der Waals surface area contributed by atoms with Crippen LogP contribution in [0, 0.1) is 23.7 Å². The first-order valence-electron chi connectivity index (χ1n) is 16.9. The van der Waals surface area contributed by atoms with Crippen LogP contribution in [0.15, 0.2) is 22.6 Å². The summed E-state index contributed by atoms with van der Waals surface area (Å²) in [6.45, 7) is 11.1. The molecule has 2 aliphatic carbocycles. The first kappa shape index (κ1) is 30.6. The number of nitrogens with zero attached hydrogens (tertiary/aromatic N) is 2. The van der Waals surface area contributed by atoms with E-state index in [0.717, 1.165) is 82.3 Å². The lowest BCUT2D eigenvalue weighted by atomic mass is 9.69. The van der Waals surface area contributed by atoms with Gasteiger partial charge >= 0.3 is 0 Å². The molecular weight excluding hydrogens is 517 g/mol. The molecule has 0 bridgehead atoms. The molecule has 3 heterocycles. The Morgan fingerprint density at radius 2 is 1.80 bits per heavy atom. The van der Waals surface area contributed by atoms with E-state index in [-0.39, 0.29) is 17.9 Å². The third kappa shape index (κ3) is 7.02. The maximum atomic E-state index is 14.0. The zero-order valence-corrected chi connectivity index (χ0v) is 25.8. The van der Waals surface area contributed by atoms with Gasteiger partial charge in [-0.2, -0.15) is 0 Å². The van der Waals surface area contributed by atoms with Gasteiger partial charge in [0.2, 0.25) is 0 Å². The van der Waals surface area contributed by atoms with Crippen molar-refractivity contribution in [3.05, 3.63) is 22.6 Å². The van der Waals surface area contributed by atoms with Gasteiger partial charge in [0.25, 0.3) is 5.91 Å². The highest BCUT2D eigenvalue weighted by Gasteiger charge is 2.40. The van der Waals surface area contributed by atoms with Crippen molar-refractivity contribution in [2.24, 2.45) is 23.7 Å².